The number of aromatic nitrogens is 3. The Labute approximate surface area is 190 Å². The fraction of sp³-hybridized carbons (Fsp3) is 0.208. The number of hydrogen-bond donors (Lipinski definition) is 1. The Balaban J connectivity index is 1.49. The molecule has 7 heteroatoms. The predicted molar refractivity (Wildman–Crippen MR) is 130 cm³/mol. The molecule has 5 nitrogen and oxygen atoms in total. The molecule has 31 heavy (non-hydrogen) atoms. The molecular weight excluding hydrogens is 424 g/mol. The highest BCUT2D eigenvalue weighted by molar-refractivity contribution is 7.99. The first-order chi connectivity index (χ1) is 14.9. The van der Waals surface area contributed by atoms with Crippen LogP contribution in [0.5, 0.6) is 0 Å². The van der Waals surface area contributed by atoms with Crippen molar-refractivity contribution >= 4 is 34.7 Å². The molecule has 0 spiro atoms. The van der Waals surface area contributed by atoms with E-state index >= 15 is 0 Å². The Hall–Kier alpha value is -2.90. The Morgan fingerprint density at radius 3 is 2.58 bits per heavy atom. The van der Waals surface area contributed by atoms with Crippen LogP contribution in [0.15, 0.2) is 59.1 Å². The largest absolute Gasteiger partial charge is 0.325 e. The average Bonchev–Trinajstić information content (AvgIpc) is 3.32. The van der Waals surface area contributed by atoms with E-state index in [0.717, 1.165) is 22.6 Å². The summed E-state index contributed by atoms with van der Waals surface area (Å²) in [6.07, 6.45) is 0. The summed E-state index contributed by atoms with van der Waals surface area (Å²) in [4.78, 5) is 13.7. The zero-order chi connectivity index (χ0) is 22.0. The number of benzene rings is 2. The zero-order valence-corrected chi connectivity index (χ0v) is 19.6. The van der Waals surface area contributed by atoms with Crippen molar-refractivity contribution < 1.29 is 4.79 Å². The number of aryl methyl sites for hydroxylation is 3. The van der Waals surface area contributed by atoms with Crippen LogP contribution in [0.2, 0.25) is 0 Å². The smallest absolute Gasteiger partial charge is 0.234 e. The molecule has 4 rings (SSSR count). The molecule has 158 valence electrons. The van der Waals surface area contributed by atoms with Crippen molar-refractivity contribution in [2.24, 2.45) is 7.05 Å². The van der Waals surface area contributed by atoms with E-state index < -0.39 is 0 Å². The summed E-state index contributed by atoms with van der Waals surface area (Å²) in [5, 5.41) is 14.6. The van der Waals surface area contributed by atoms with Crippen molar-refractivity contribution in [1.82, 2.24) is 14.8 Å². The van der Waals surface area contributed by atoms with Gasteiger partial charge in [-0.15, -0.1) is 21.5 Å². The van der Waals surface area contributed by atoms with Gasteiger partial charge in [-0.2, -0.15) is 0 Å². The van der Waals surface area contributed by atoms with Gasteiger partial charge in [0.25, 0.3) is 0 Å². The molecule has 0 atom stereocenters. The van der Waals surface area contributed by atoms with E-state index in [-0.39, 0.29) is 11.7 Å². The molecule has 2 aromatic carbocycles. The van der Waals surface area contributed by atoms with Gasteiger partial charge in [0.1, 0.15) is 0 Å². The van der Waals surface area contributed by atoms with Crippen molar-refractivity contribution in [3.8, 4) is 22.5 Å². The van der Waals surface area contributed by atoms with Crippen molar-refractivity contribution in [2.45, 2.75) is 25.9 Å². The quantitative estimate of drug-likeness (QED) is 0.375. The standard InChI is InChI=1S/C24H24N4OS2/c1-15-10-11-19(12-16(15)2)25-21(29)14-31-24-27-26-23(28(24)4)20-13-30-17(3)22(20)18-8-6-5-7-9-18/h5-13H,14H2,1-4H3,(H,25,29). The van der Waals surface area contributed by atoms with Gasteiger partial charge in [-0.25, -0.2) is 0 Å². The van der Waals surface area contributed by atoms with Crippen LogP contribution < -0.4 is 5.32 Å². The van der Waals surface area contributed by atoms with Crippen LogP contribution in [0.25, 0.3) is 22.5 Å². The lowest BCUT2D eigenvalue weighted by Crippen LogP contribution is -2.14. The Morgan fingerprint density at radius 1 is 1.06 bits per heavy atom. The highest BCUT2D eigenvalue weighted by Gasteiger charge is 2.19. The van der Waals surface area contributed by atoms with Crippen molar-refractivity contribution in [3.05, 3.63) is 69.9 Å². The molecule has 0 radical (unpaired) electrons. The second kappa shape index (κ2) is 9.08. The summed E-state index contributed by atoms with van der Waals surface area (Å²) in [7, 11) is 1.95. The maximum absolute atomic E-state index is 12.4. The first-order valence-corrected chi connectivity index (χ1v) is 11.8. The molecule has 1 N–H and O–H groups in total. The van der Waals surface area contributed by atoms with Gasteiger partial charge in [-0.1, -0.05) is 48.2 Å². The minimum atomic E-state index is -0.0610. The van der Waals surface area contributed by atoms with E-state index in [4.69, 9.17) is 0 Å². The van der Waals surface area contributed by atoms with E-state index in [9.17, 15) is 4.79 Å². The number of amides is 1. The van der Waals surface area contributed by atoms with Gasteiger partial charge in [0.2, 0.25) is 5.91 Å². The molecule has 0 bridgehead atoms. The molecule has 0 unspecified atom stereocenters. The summed E-state index contributed by atoms with van der Waals surface area (Å²) in [6, 6.07) is 16.3. The monoisotopic (exact) mass is 448 g/mol. The summed E-state index contributed by atoms with van der Waals surface area (Å²) in [6.45, 7) is 6.22. The van der Waals surface area contributed by atoms with Gasteiger partial charge >= 0.3 is 0 Å². The third-order valence-electron chi connectivity index (χ3n) is 5.24. The SMILES string of the molecule is Cc1ccc(NC(=O)CSc2nnc(-c3csc(C)c3-c3ccccc3)n2C)cc1C. The molecule has 0 aliphatic rings. The Morgan fingerprint density at radius 2 is 1.84 bits per heavy atom. The number of carbonyl (C=O) groups excluding carboxylic acids is 1. The second-order valence-corrected chi connectivity index (χ2v) is 9.47. The highest BCUT2D eigenvalue weighted by atomic mass is 32.2. The number of thioether (sulfide) groups is 1. The molecule has 2 heterocycles. The van der Waals surface area contributed by atoms with Crippen molar-refractivity contribution in [3.63, 3.8) is 0 Å². The van der Waals surface area contributed by atoms with Crippen molar-refractivity contribution in [1.29, 1.82) is 0 Å². The van der Waals surface area contributed by atoms with E-state index in [1.54, 1.807) is 11.3 Å². The Kier molecular flexibility index (Phi) is 6.25. The van der Waals surface area contributed by atoms with Crippen LogP contribution in [-0.2, 0) is 11.8 Å². The van der Waals surface area contributed by atoms with Gasteiger partial charge in [0, 0.05) is 34.1 Å². The molecule has 0 fully saturated rings. The van der Waals surface area contributed by atoms with Crippen LogP contribution >= 0.6 is 23.1 Å². The number of thiophene rings is 1. The molecule has 4 aromatic rings. The first kappa shape index (κ1) is 21.3. The lowest BCUT2D eigenvalue weighted by atomic mass is 10.0. The summed E-state index contributed by atoms with van der Waals surface area (Å²) >= 11 is 3.09. The maximum atomic E-state index is 12.4. The highest BCUT2D eigenvalue weighted by Crippen LogP contribution is 2.38. The summed E-state index contributed by atoms with van der Waals surface area (Å²) < 4.78 is 1.96. The predicted octanol–water partition coefficient (Wildman–Crippen LogP) is 5.87. The number of nitrogens with zero attached hydrogens (tertiary/aromatic N) is 3. The first-order valence-electron chi connectivity index (χ1n) is 9.97. The zero-order valence-electron chi connectivity index (χ0n) is 18.0. The maximum Gasteiger partial charge on any atom is 0.234 e. The second-order valence-electron chi connectivity index (χ2n) is 7.45. The lowest BCUT2D eigenvalue weighted by molar-refractivity contribution is -0.113. The van der Waals surface area contributed by atoms with Gasteiger partial charge in [-0.05, 0) is 49.6 Å². The van der Waals surface area contributed by atoms with Crippen LogP contribution in [-0.4, -0.2) is 26.4 Å². The number of hydrogen-bond acceptors (Lipinski definition) is 5. The fourth-order valence-corrected chi connectivity index (χ4v) is 4.98. The van der Waals surface area contributed by atoms with Crippen LogP contribution in [0.1, 0.15) is 16.0 Å². The molecule has 0 aliphatic carbocycles. The van der Waals surface area contributed by atoms with Gasteiger partial charge in [-0.3, -0.25) is 4.79 Å². The average molecular weight is 449 g/mol. The molecule has 0 saturated heterocycles. The van der Waals surface area contributed by atoms with E-state index in [0.29, 0.717) is 5.16 Å². The topological polar surface area (TPSA) is 59.8 Å². The third-order valence-corrected chi connectivity index (χ3v) is 7.17. The molecule has 2 aromatic heterocycles. The summed E-state index contributed by atoms with van der Waals surface area (Å²) in [5.74, 6) is 1.02. The van der Waals surface area contributed by atoms with Gasteiger partial charge < -0.3 is 9.88 Å². The van der Waals surface area contributed by atoms with Crippen molar-refractivity contribution in [2.75, 3.05) is 11.1 Å². The molecular formula is C24H24N4OS2. The van der Waals surface area contributed by atoms with Gasteiger partial charge in [0.15, 0.2) is 11.0 Å². The molecule has 1 amide bonds. The lowest BCUT2D eigenvalue weighted by Gasteiger charge is -2.08. The minimum absolute atomic E-state index is 0.0610. The van der Waals surface area contributed by atoms with E-state index in [1.165, 1.54) is 33.3 Å². The molecule has 0 aliphatic heterocycles. The van der Waals surface area contributed by atoms with E-state index in [2.05, 4.69) is 46.9 Å². The number of nitrogens with one attached hydrogen (secondary N) is 1. The van der Waals surface area contributed by atoms with Gasteiger partial charge in [0.05, 0.1) is 5.75 Å². The minimum Gasteiger partial charge on any atom is -0.325 e. The van der Waals surface area contributed by atoms with E-state index in [1.807, 2.05) is 54.9 Å². The summed E-state index contributed by atoms with van der Waals surface area (Å²) in [5.41, 5.74) is 6.59. The normalized spacial score (nSPS) is 11.0. The van der Waals surface area contributed by atoms with Crippen LogP contribution in [0.3, 0.4) is 0 Å². The number of rotatable bonds is 6. The fourth-order valence-electron chi connectivity index (χ4n) is 3.40. The number of anilines is 1. The van der Waals surface area contributed by atoms with Crippen LogP contribution in [0, 0.1) is 20.8 Å². The van der Waals surface area contributed by atoms with Crippen LogP contribution in [0.4, 0.5) is 5.69 Å². The molecule has 0 saturated carbocycles. The Bertz CT molecular complexity index is 1230. The third kappa shape index (κ3) is 4.57. The number of carbonyl (C=O) groups is 1.